The monoisotopic (exact) mass is 269 g/mol. The highest BCUT2D eigenvalue weighted by Gasteiger charge is 2.13. The number of pyridine rings is 1. The Morgan fingerprint density at radius 2 is 1.80 bits per heavy atom. The summed E-state index contributed by atoms with van der Waals surface area (Å²) in [5.41, 5.74) is 9.76. The van der Waals surface area contributed by atoms with E-state index in [9.17, 15) is 0 Å². The van der Waals surface area contributed by atoms with Crippen LogP contribution in [0.1, 0.15) is 36.6 Å². The van der Waals surface area contributed by atoms with E-state index in [0.29, 0.717) is 0 Å². The van der Waals surface area contributed by atoms with Crippen molar-refractivity contribution in [3.05, 3.63) is 59.3 Å². The molecule has 0 bridgehead atoms. The van der Waals surface area contributed by atoms with E-state index in [1.54, 1.807) is 0 Å². The fourth-order valence-electron chi connectivity index (χ4n) is 2.44. The highest BCUT2D eigenvalue weighted by Crippen LogP contribution is 2.24. The first-order chi connectivity index (χ1) is 9.67. The molecule has 2 rings (SSSR count). The van der Waals surface area contributed by atoms with Crippen molar-refractivity contribution in [3.8, 4) is 0 Å². The molecule has 0 saturated heterocycles. The van der Waals surface area contributed by atoms with Crippen molar-refractivity contribution in [3.63, 3.8) is 0 Å². The molecule has 1 aromatic heterocycles. The number of nitrogens with zero attached hydrogens (tertiary/aromatic N) is 2. The molecule has 1 unspecified atom stereocenters. The van der Waals surface area contributed by atoms with E-state index in [1.165, 1.54) is 5.56 Å². The summed E-state index contributed by atoms with van der Waals surface area (Å²) in [6.07, 6.45) is 1.92. The Labute approximate surface area is 121 Å². The first kappa shape index (κ1) is 14.5. The van der Waals surface area contributed by atoms with Crippen LogP contribution in [-0.4, -0.2) is 18.1 Å². The van der Waals surface area contributed by atoms with Gasteiger partial charge >= 0.3 is 0 Å². The van der Waals surface area contributed by atoms with Gasteiger partial charge in [-0.25, -0.2) is 4.98 Å². The Hall–Kier alpha value is -1.87. The second-order valence-electron chi connectivity index (χ2n) is 4.96. The maximum absolute atomic E-state index is 6.35. The highest BCUT2D eigenvalue weighted by molar-refractivity contribution is 5.45. The zero-order chi connectivity index (χ0) is 14.5. The lowest BCUT2D eigenvalue weighted by atomic mass is 9.97. The Kier molecular flexibility index (Phi) is 4.74. The third kappa shape index (κ3) is 2.99. The Morgan fingerprint density at radius 3 is 2.35 bits per heavy atom. The lowest BCUT2D eigenvalue weighted by Crippen LogP contribution is -2.23. The largest absolute Gasteiger partial charge is 0.357 e. The lowest BCUT2D eigenvalue weighted by Gasteiger charge is -2.22. The van der Waals surface area contributed by atoms with Crippen LogP contribution in [0.2, 0.25) is 0 Å². The molecule has 2 aromatic rings. The topological polar surface area (TPSA) is 42.1 Å². The lowest BCUT2D eigenvalue weighted by molar-refractivity contribution is 0.823. The van der Waals surface area contributed by atoms with Crippen molar-refractivity contribution in [2.24, 2.45) is 5.73 Å². The molecule has 1 atom stereocenters. The fourth-order valence-corrected chi connectivity index (χ4v) is 2.44. The molecule has 20 heavy (non-hydrogen) atoms. The minimum absolute atomic E-state index is 0.116. The van der Waals surface area contributed by atoms with Crippen LogP contribution >= 0.6 is 0 Å². The average molecular weight is 269 g/mol. The summed E-state index contributed by atoms with van der Waals surface area (Å²) in [5.74, 6) is 1.02. The molecule has 0 amide bonds. The quantitative estimate of drug-likeness (QED) is 0.905. The molecular formula is C17H23N3. The van der Waals surface area contributed by atoms with Gasteiger partial charge in [-0.2, -0.15) is 0 Å². The summed E-state index contributed by atoms with van der Waals surface area (Å²) in [6.45, 7) is 8.32. The smallest absolute Gasteiger partial charge is 0.128 e. The van der Waals surface area contributed by atoms with Gasteiger partial charge in [-0.05, 0) is 43.5 Å². The molecule has 2 N–H and O–H groups in total. The molecule has 3 heteroatoms. The Morgan fingerprint density at radius 1 is 1.15 bits per heavy atom. The van der Waals surface area contributed by atoms with E-state index < -0.39 is 0 Å². The van der Waals surface area contributed by atoms with Crippen LogP contribution in [0.4, 0.5) is 5.82 Å². The molecular weight excluding hydrogens is 246 g/mol. The molecule has 106 valence electrons. The van der Waals surface area contributed by atoms with Gasteiger partial charge in [0.2, 0.25) is 0 Å². The van der Waals surface area contributed by atoms with Crippen molar-refractivity contribution < 1.29 is 0 Å². The molecule has 0 aliphatic rings. The van der Waals surface area contributed by atoms with E-state index in [0.717, 1.165) is 30.0 Å². The predicted molar refractivity (Wildman–Crippen MR) is 85.0 cm³/mol. The predicted octanol–water partition coefficient (Wildman–Crippen LogP) is 3.28. The molecule has 0 radical (unpaired) electrons. The Bertz CT molecular complexity index is 547. The summed E-state index contributed by atoms with van der Waals surface area (Å²) >= 11 is 0. The number of hydrogen-bond acceptors (Lipinski definition) is 3. The SMILES string of the molecule is CCN(CC)c1cc(C)c(C(N)c2ccccc2)cn1. The number of anilines is 1. The van der Waals surface area contributed by atoms with Crippen molar-refractivity contribution in [1.82, 2.24) is 4.98 Å². The van der Waals surface area contributed by atoms with Gasteiger partial charge in [0.05, 0.1) is 6.04 Å². The number of rotatable bonds is 5. The summed E-state index contributed by atoms with van der Waals surface area (Å²) in [6, 6.07) is 12.2. The van der Waals surface area contributed by atoms with Crippen LogP contribution < -0.4 is 10.6 Å². The Balaban J connectivity index is 2.30. The maximum atomic E-state index is 6.35. The summed E-state index contributed by atoms with van der Waals surface area (Å²) in [7, 11) is 0. The van der Waals surface area contributed by atoms with Crippen LogP contribution in [-0.2, 0) is 0 Å². The van der Waals surface area contributed by atoms with Gasteiger partial charge in [-0.15, -0.1) is 0 Å². The molecule has 1 heterocycles. The molecule has 0 aliphatic carbocycles. The minimum atomic E-state index is -0.116. The van der Waals surface area contributed by atoms with Crippen LogP contribution in [0.15, 0.2) is 42.6 Å². The fraction of sp³-hybridized carbons (Fsp3) is 0.353. The normalized spacial score (nSPS) is 12.2. The zero-order valence-corrected chi connectivity index (χ0v) is 12.5. The zero-order valence-electron chi connectivity index (χ0n) is 12.5. The molecule has 0 saturated carbocycles. The van der Waals surface area contributed by atoms with Crippen molar-refractivity contribution in [1.29, 1.82) is 0 Å². The molecule has 0 spiro atoms. The second kappa shape index (κ2) is 6.53. The first-order valence-corrected chi connectivity index (χ1v) is 7.19. The number of nitrogens with two attached hydrogens (primary N) is 1. The summed E-state index contributed by atoms with van der Waals surface area (Å²) in [5, 5.41) is 0. The van der Waals surface area contributed by atoms with Crippen molar-refractivity contribution >= 4 is 5.82 Å². The molecule has 1 aromatic carbocycles. The maximum Gasteiger partial charge on any atom is 0.128 e. The van der Waals surface area contributed by atoms with Crippen LogP contribution in [0.5, 0.6) is 0 Å². The number of benzene rings is 1. The first-order valence-electron chi connectivity index (χ1n) is 7.19. The molecule has 0 aliphatic heterocycles. The number of aryl methyl sites for hydroxylation is 1. The van der Waals surface area contributed by atoms with Gasteiger partial charge in [0.25, 0.3) is 0 Å². The van der Waals surface area contributed by atoms with Gasteiger partial charge < -0.3 is 10.6 Å². The van der Waals surface area contributed by atoms with Gasteiger partial charge in [0.1, 0.15) is 5.82 Å². The standard InChI is InChI=1S/C17H23N3/c1-4-20(5-2)16-11-13(3)15(12-19-16)17(18)14-9-7-6-8-10-14/h6-12,17H,4-5,18H2,1-3H3. The van der Waals surface area contributed by atoms with Crippen LogP contribution in [0, 0.1) is 6.92 Å². The van der Waals surface area contributed by atoms with E-state index in [1.807, 2.05) is 24.4 Å². The third-order valence-electron chi connectivity index (χ3n) is 3.72. The van der Waals surface area contributed by atoms with Crippen LogP contribution in [0.25, 0.3) is 0 Å². The average Bonchev–Trinajstić information content (AvgIpc) is 2.49. The van der Waals surface area contributed by atoms with Crippen molar-refractivity contribution in [2.75, 3.05) is 18.0 Å². The number of aromatic nitrogens is 1. The van der Waals surface area contributed by atoms with E-state index in [4.69, 9.17) is 5.73 Å². The van der Waals surface area contributed by atoms with E-state index >= 15 is 0 Å². The van der Waals surface area contributed by atoms with Crippen molar-refractivity contribution in [2.45, 2.75) is 26.8 Å². The minimum Gasteiger partial charge on any atom is -0.357 e. The number of hydrogen-bond donors (Lipinski definition) is 1. The third-order valence-corrected chi connectivity index (χ3v) is 3.72. The van der Waals surface area contributed by atoms with E-state index in [-0.39, 0.29) is 6.04 Å². The molecule has 3 nitrogen and oxygen atoms in total. The van der Waals surface area contributed by atoms with Gasteiger partial charge in [-0.1, -0.05) is 30.3 Å². The second-order valence-corrected chi connectivity index (χ2v) is 4.96. The van der Waals surface area contributed by atoms with Gasteiger partial charge in [0, 0.05) is 19.3 Å². The van der Waals surface area contributed by atoms with E-state index in [2.05, 4.69) is 48.9 Å². The highest BCUT2D eigenvalue weighted by atomic mass is 15.2. The summed E-state index contributed by atoms with van der Waals surface area (Å²) in [4.78, 5) is 6.81. The summed E-state index contributed by atoms with van der Waals surface area (Å²) < 4.78 is 0. The molecule has 0 fully saturated rings. The van der Waals surface area contributed by atoms with Crippen LogP contribution in [0.3, 0.4) is 0 Å². The van der Waals surface area contributed by atoms with Gasteiger partial charge in [-0.3, -0.25) is 0 Å². The van der Waals surface area contributed by atoms with Gasteiger partial charge in [0.15, 0.2) is 0 Å².